The maximum Gasteiger partial charge on any atom is 0.0791 e. The fraction of sp³-hybridized carbons (Fsp3) is 0.429. The van der Waals surface area contributed by atoms with Crippen molar-refractivity contribution in [3.05, 3.63) is 71.3 Å². The Morgan fingerprint density at radius 2 is 1.71 bits per heavy atom. The van der Waals surface area contributed by atoms with Gasteiger partial charge in [0.05, 0.1) is 6.10 Å². The molecule has 0 aromatic heterocycles. The van der Waals surface area contributed by atoms with Crippen molar-refractivity contribution in [2.75, 3.05) is 26.2 Å². The summed E-state index contributed by atoms with van der Waals surface area (Å²) in [5, 5.41) is 13.7. The van der Waals surface area contributed by atoms with Crippen molar-refractivity contribution in [1.29, 1.82) is 0 Å². The molecular weight excluding hydrogens is 296 g/mol. The van der Waals surface area contributed by atoms with Gasteiger partial charge in [-0.05, 0) is 29.0 Å². The number of fused-ring (bicyclic) bond motifs is 1. The molecule has 0 fully saturated rings. The molecule has 3 heteroatoms. The highest BCUT2D eigenvalue weighted by Gasteiger charge is 2.18. The lowest BCUT2D eigenvalue weighted by molar-refractivity contribution is 0.104. The van der Waals surface area contributed by atoms with Gasteiger partial charge >= 0.3 is 0 Å². The van der Waals surface area contributed by atoms with Crippen molar-refractivity contribution >= 4 is 0 Å². The van der Waals surface area contributed by atoms with Gasteiger partial charge in [0.1, 0.15) is 0 Å². The van der Waals surface area contributed by atoms with Crippen LogP contribution in [0.4, 0.5) is 0 Å². The zero-order valence-corrected chi connectivity index (χ0v) is 14.5. The maximum absolute atomic E-state index is 10.3. The maximum atomic E-state index is 10.3. The lowest BCUT2D eigenvalue weighted by Gasteiger charge is -2.30. The molecule has 0 radical (unpaired) electrons. The molecule has 0 spiro atoms. The fourth-order valence-electron chi connectivity index (χ4n) is 3.44. The lowest BCUT2D eigenvalue weighted by atomic mass is 9.99. The van der Waals surface area contributed by atoms with Gasteiger partial charge in [0.15, 0.2) is 0 Å². The highest BCUT2D eigenvalue weighted by Crippen LogP contribution is 2.18. The van der Waals surface area contributed by atoms with E-state index in [0.29, 0.717) is 12.5 Å². The largest absolute Gasteiger partial charge is 0.390 e. The van der Waals surface area contributed by atoms with E-state index in [9.17, 15) is 5.11 Å². The average Bonchev–Trinajstić information content (AvgIpc) is 2.62. The molecule has 2 N–H and O–H groups in total. The van der Waals surface area contributed by atoms with Crippen molar-refractivity contribution in [1.82, 2.24) is 10.2 Å². The molecule has 1 aliphatic rings. The first-order valence-corrected chi connectivity index (χ1v) is 8.95. The summed E-state index contributed by atoms with van der Waals surface area (Å²) in [6.45, 7) is 6.48. The van der Waals surface area contributed by atoms with Gasteiger partial charge in [-0.1, -0.05) is 61.5 Å². The van der Waals surface area contributed by atoms with Crippen LogP contribution in [0.5, 0.6) is 0 Å². The molecule has 0 saturated heterocycles. The third-order valence-electron chi connectivity index (χ3n) is 4.88. The van der Waals surface area contributed by atoms with Gasteiger partial charge in [-0.15, -0.1) is 0 Å². The molecule has 1 aliphatic heterocycles. The first-order chi connectivity index (χ1) is 11.7. The molecule has 128 valence electrons. The summed E-state index contributed by atoms with van der Waals surface area (Å²) in [6, 6.07) is 19.2. The van der Waals surface area contributed by atoms with Crippen LogP contribution in [0.25, 0.3) is 0 Å². The Bertz CT molecular complexity index is 629. The molecule has 2 atom stereocenters. The van der Waals surface area contributed by atoms with E-state index in [1.54, 1.807) is 0 Å². The van der Waals surface area contributed by atoms with Crippen LogP contribution in [0.3, 0.4) is 0 Å². The van der Waals surface area contributed by atoms with E-state index in [0.717, 1.165) is 32.6 Å². The quantitative estimate of drug-likeness (QED) is 0.822. The topological polar surface area (TPSA) is 35.5 Å². The number of benzene rings is 2. The first-order valence-electron chi connectivity index (χ1n) is 8.95. The number of hydrogen-bond acceptors (Lipinski definition) is 3. The predicted molar refractivity (Wildman–Crippen MR) is 99.2 cm³/mol. The van der Waals surface area contributed by atoms with Crippen molar-refractivity contribution in [2.24, 2.45) is 0 Å². The van der Waals surface area contributed by atoms with Crippen LogP contribution in [-0.2, 0) is 13.0 Å². The number of aliphatic hydroxyl groups excluding tert-OH is 1. The van der Waals surface area contributed by atoms with E-state index in [4.69, 9.17) is 0 Å². The van der Waals surface area contributed by atoms with Crippen molar-refractivity contribution < 1.29 is 5.11 Å². The van der Waals surface area contributed by atoms with E-state index in [2.05, 4.69) is 65.7 Å². The van der Waals surface area contributed by atoms with E-state index in [1.807, 2.05) is 6.07 Å². The van der Waals surface area contributed by atoms with Crippen molar-refractivity contribution in [3.8, 4) is 0 Å². The number of aliphatic hydroxyl groups is 1. The minimum absolute atomic E-state index is 0.321. The van der Waals surface area contributed by atoms with Crippen molar-refractivity contribution in [2.45, 2.75) is 31.9 Å². The molecule has 0 saturated carbocycles. The number of rotatable bonds is 7. The monoisotopic (exact) mass is 324 g/mol. The molecule has 0 bridgehead atoms. The molecule has 0 aliphatic carbocycles. The molecule has 2 unspecified atom stereocenters. The second-order valence-electron chi connectivity index (χ2n) is 6.88. The summed E-state index contributed by atoms with van der Waals surface area (Å²) in [7, 11) is 0. The Kier molecular flexibility index (Phi) is 6.02. The standard InChI is InChI=1S/C21H28N2O/c1-17(18-7-3-2-4-8-18)13-22-14-21(24)16-23-12-11-19-9-5-6-10-20(19)15-23/h2-10,17,21-22,24H,11-16H2,1H3. The highest BCUT2D eigenvalue weighted by atomic mass is 16.3. The normalized spacial score (nSPS) is 17.2. The summed E-state index contributed by atoms with van der Waals surface area (Å²) in [5.74, 6) is 0.459. The number of hydrogen-bond donors (Lipinski definition) is 2. The van der Waals surface area contributed by atoms with Crippen LogP contribution in [0.15, 0.2) is 54.6 Å². The predicted octanol–water partition coefficient (Wildman–Crippen LogP) is 2.80. The second-order valence-corrected chi connectivity index (χ2v) is 6.88. The zero-order chi connectivity index (χ0) is 16.8. The Labute approximate surface area is 145 Å². The van der Waals surface area contributed by atoms with E-state index < -0.39 is 0 Å². The first kappa shape index (κ1) is 17.2. The van der Waals surface area contributed by atoms with Gasteiger partial charge in [0.2, 0.25) is 0 Å². The minimum Gasteiger partial charge on any atom is -0.390 e. The molecule has 2 aromatic rings. The van der Waals surface area contributed by atoms with Crippen LogP contribution in [0, 0.1) is 0 Å². The lowest BCUT2D eigenvalue weighted by Crippen LogP contribution is -2.41. The number of β-amino-alcohol motifs (C(OH)–C–C–N with tert-alkyl or cyclic N) is 1. The zero-order valence-electron chi connectivity index (χ0n) is 14.5. The van der Waals surface area contributed by atoms with Crippen LogP contribution in [0.1, 0.15) is 29.5 Å². The number of nitrogens with zero attached hydrogens (tertiary/aromatic N) is 1. The Balaban J connectivity index is 1.40. The summed E-state index contributed by atoms with van der Waals surface area (Å²) < 4.78 is 0. The van der Waals surface area contributed by atoms with Crippen molar-refractivity contribution in [3.63, 3.8) is 0 Å². The minimum atomic E-state index is -0.321. The van der Waals surface area contributed by atoms with Crippen LogP contribution >= 0.6 is 0 Å². The number of nitrogens with one attached hydrogen (secondary N) is 1. The van der Waals surface area contributed by atoms with Crippen LogP contribution < -0.4 is 5.32 Å². The summed E-state index contributed by atoms with van der Waals surface area (Å²) in [6.07, 6.45) is 0.764. The smallest absolute Gasteiger partial charge is 0.0791 e. The highest BCUT2D eigenvalue weighted by molar-refractivity contribution is 5.29. The average molecular weight is 324 g/mol. The van der Waals surface area contributed by atoms with E-state index >= 15 is 0 Å². The summed E-state index contributed by atoms with van der Waals surface area (Å²) >= 11 is 0. The fourth-order valence-corrected chi connectivity index (χ4v) is 3.44. The van der Waals surface area contributed by atoms with Gasteiger partial charge < -0.3 is 10.4 Å². The third kappa shape index (κ3) is 4.67. The summed E-state index contributed by atoms with van der Waals surface area (Å²) in [5.41, 5.74) is 4.20. The Morgan fingerprint density at radius 1 is 1.00 bits per heavy atom. The van der Waals surface area contributed by atoms with Gasteiger partial charge in [0.25, 0.3) is 0 Å². The molecular formula is C21H28N2O. The van der Waals surface area contributed by atoms with Gasteiger partial charge in [-0.2, -0.15) is 0 Å². The SMILES string of the molecule is CC(CNCC(O)CN1CCc2ccccc2C1)c1ccccc1. The van der Waals surface area contributed by atoms with Gasteiger partial charge in [-0.25, -0.2) is 0 Å². The second kappa shape index (κ2) is 8.43. The molecule has 3 nitrogen and oxygen atoms in total. The van der Waals surface area contributed by atoms with E-state index in [1.165, 1.54) is 16.7 Å². The molecule has 24 heavy (non-hydrogen) atoms. The molecule has 0 amide bonds. The molecule has 3 rings (SSSR count). The van der Waals surface area contributed by atoms with E-state index in [-0.39, 0.29) is 6.10 Å². The Morgan fingerprint density at radius 3 is 2.50 bits per heavy atom. The molecule has 1 heterocycles. The Hall–Kier alpha value is -1.68. The van der Waals surface area contributed by atoms with Crippen LogP contribution in [0.2, 0.25) is 0 Å². The van der Waals surface area contributed by atoms with Gasteiger partial charge in [-0.3, -0.25) is 4.90 Å². The van der Waals surface area contributed by atoms with Crippen LogP contribution in [-0.4, -0.2) is 42.3 Å². The third-order valence-corrected chi connectivity index (χ3v) is 4.88. The molecule has 2 aromatic carbocycles. The summed E-state index contributed by atoms with van der Waals surface area (Å²) in [4.78, 5) is 2.36. The van der Waals surface area contributed by atoms with Gasteiger partial charge in [0, 0.05) is 32.7 Å².